The molecule has 0 unspecified atom stereocenters. The summed E-state index contributed by atoms with van der Waals surface area (Å²) in [5.74, 6) is -2.68. The van der Waals surface area contributed by atoms with Crippen molar-refractivity contribution in [2.75, 3.05) is 13.1 Å². The zero-order valence-electron chi connectivity index (χ0n) is 13.4. The lowest BCUT2D eigenvalue weighted by atomic mass is 9.92. The van der Waals surface area contributed by atoms with Crippen LogP contribution in [0.1, 0.15) is 61.0 Å². The van der Waals surface area contributed by atoms with Crippen molar-refractivity contribution in [3.63, 3.8) is 0 Å². The Morgan fingerprint density at radius 3 is 2.61 bits per heavy atom. The molecule has 1 saturated heterocycles. The van der Waals surface area contributed by atoms with Crippen LogP contribution in [0.2, 0.25) is 0 Å². The highest BCUT2D eigenvalue weighted by molar-refractivity contribution is 5.94. The number of ether oxygens (including phenoxy) is 1. The largest absolute Gasteiger partial charge is 0.369 e. The standard InChI is InChI=1S/C16H21F2N3O2/c1-9-7-11-12(10(2)23-9)19-20-13(11)14(22)21-5-3-15(4-6-21)8-16(15,17)18/h9-10H,3-8H2,1-2H3,(H,19,20)/t9-,10+/m1/s1. The number of nitrogens with one attached hydrogen (secondary N) is 1. The quantitative estimate of drug-likeness (QED) is 0.864. The van der Waals surface area contributed by atoms with Gasteiger partial charge in [-0.1, -0.05) is 0 Å². The minimum atomic E-state index is -2.53. The first kappa shape index (κ1) is 15.1. The summed E-state index contributed by atoms with van der Waals surface area (Å²) in [6, 6.07) is 0. The number of alkyl halides is 2. The molecule has 0 bridgehead atoms. The Bertz CT molecular complexity index is 650. The van der Waals surface area contributed by atoms with E-state index in [2.05, 4.69) is 10.2 Å². The molecule has 1 aromatic rings. The van der Waals surface area contributed by atoms with Crippen LogP contribution in [0.4, 0.5) is 8.78 Å². The first-order chi connectivity index (χ1) is 10.8. The zero-order chi connectivity index (χ0) is 16.4. The zero-order valence-corrected chi connectivity index (χ0v) is 13.4. The Morgan fingerprint density at radius 1 is 1.35 bits per heavy atom. The molecule has 1 aliphatic carbocycles. The Balaban J connectivity index is 1.51. The minimum absolute atomic E-state index is 0.0216. The van der Waals surface area contributed by atoms with Crippen molar-refractivity contribution >= 4 is 5.91 Å². The second-order valence-electron chi connectivity index (χ2n) is 7.21. The fourth-order valence-corrected chi connectivity index (χ4v) is 4.06. The maximum Gasteiger partial charge on any atom is 0.274 e. The average molecular weight is 325 g/mol. The monoisotopic (exact) mass is 325 g/mol. The highest BCUT2D eigenvalue weighted by Crippen LogP contribution is 2.65. The lowest BCUT2D eigenvalue weighted by molar-refractivity contribution is -0.00709. The summed E-state index contributed by atoms with van der Waals surface area (Å²) in [5, 5.41) is 7.11. The summed E-state index contributed by atoms with van der Waals surface area (Å²) >= 11 is 0. The number of nitrogens with zero attached hydrogens (tertiary/aromatic N) is 2. The van der Waals surface area contributed by atoms with Gasteiger partial charge in [-0.2, -0.15) is 5.10 Å². The number of likely N-dealkylation sites (tertiary alicyclic amines) is 1. The van der Waals surface area contributed by atoms with Crippen molar-refractivity contribution in [2.45, 2.75) is 57.7 Å². The molecule has 5 nitrogen and oxygen atoms in total. The third-order valence-corrected chi connectivity index (χ3v) is 5.66. The van der Waals surface area contributed by atoms with Crippen molar-refractivity contribution in [3.05, 3.63) is 17.0 Å². The number of carbonyl (C=O) groups is 1. The number of carbonyl (C=O) groups excluding carboxylic acids is 1. The van der Waals surface area contributed by atoms with E-state index in [9.17, 15) is 13.6 Å². The number of aromatic nitrogens is 2. The summed E-state index contributed by atoms with van der Waals surface area (Å²) in [6.07, 6.45) is 1.32. The van der Waals surface area contributed by atoms with Crippen LogP contribution < -0.4 is 0 Å². The Hall–Kier alpha value is -1.50. The molecule has 4 rings (SSSR count). The number of H-pyrrole nitrogens is 1. The number of aromatic amines is 1. The van der Waals surface area contributed by atoms with Gasteiger partial charge in [-0.05, 0) is 26.7 Å². The molecule has 1 saturated carbocycles. The normalized spacial score (nSPS) is 31.0. The van der Waals surface area contributed by atoms with Gasteiger partial charge < -0.3 is 9.64 Å². The second kappa shape index (κ2) is 4.75. The van der Waals surface area contributed by atoms with E-state index in [1.807, 2.05) is 13.8 Å². The van der Waals surface area contributed by atoms with Crippen LogP contribution in [0.15, 0.2) is 0 Å². The molecule has 1 amide bonds. The first-order valence-electron chi connectivity index (χ1n) is 8.23. The molecule has 1 spiro atoms. The van der Waals surface area contributed by atoms with Crippen LogP contribution in [0.25, 0.3) is 0 Å². The lowest BCUT2D eigenvalue weighted by Gasteiger charge is -2.32. The van der Waals surface area contributed by atoms with Crippen molar-refractivity contribution in [1.29, 1.82) is 0 Å². The van der Waals surface area contributed by atoms with Gasteiger partial charge in [0.25, 0.3) is 11.8 Å². The summed E-state index contributed by atoms with van der Waals surface area (Å²) in [5.41, 5.74) is 1.36. The van der Waals surface area contributed by atoms with Gasteiger partial charge in [0.15, 0.2) is 5.69 Å². The molecule has 2 atom stereocenters. The van der Waals surface area contributed by atoms with Gasteiger partial charge in [-0.25, -0.2) is 8.78 Å². The van der Waals surface area contributed by atoms with Crippen LogP contribution >= 0.6 is 0 Å². The molecule has 2 fully saturated rings. The predicted octanol–water partition coefficient (Wildman–Crippen LogP) is 2.69. The molecule has 1 aromatic heterocycles. The molecule has 0 radical (unpaired) electrons. The number of halogens is 2. The number of rotatable bonds is 1. The van der Waals surface area contributed by atoms with Crippen LogP contribution in [-0.2, 0) is 11.2 Å². The van der Waals surface area contributed by atoms with Crippen LogP contribution in [-0.4, -0.2) is 46.1 Å². The van der Waals surface area contributed by atoms with Gasteiger partial charge >= 0.3 is 0 Å². The minimum Gasteiger partial charge on any atom is -0.369 e. The highest BCUT2D eigenvalue weighted by atomic mass is 19.3. The van der Waals surface area contributed by atoms with E-state index in [4.69, 9.17) is 4.74 Å². The number of piperidine rings is 1. The Morgan fingerprint density at radius 2 is 2.00 bits per heavy atom. The second-order valence-corrected chi connectivity index (χ2v) is 7.21. The Labute approximate surface area is 133 Å². The van der Waals surface area contributed by atoms with E-state index in [1.165, 1.54) is 0 Å². The van der Waals surface area contributed by atoms with Crippen molar-refractivity contribution in [1.82, 2.24) is 15.1 Å². The third-order valence-electron chi connectivity index (χ3n) is 5.66. The number of hydrogen-bond donors (Lipinski definition) is 1. The maximum absolute atomic E-state index is 13.5. The van der Waals surface area contributed by atoms with E-state index in [-0.39, 0.29) is 24.5 Å². The summed E-state index contributed by atoms with van der Waals surface area (Å²) < 4.78 is 32.6. The summed E-state index contributed by atoms with van der Waals surface area (Å²) in [4.78, 5) is 14.4. The van der Waals surface area contributed by atoms with Crippen LogP contribution in [0.3, 0.4) is 0 Å². The Kier molecular flexibility index (Phi) is 3.11. The molecule has 3 aliphatic rings. The van der Waals surface area contributed by atoms with E-state index < -0.39 is 11.3 Å². The molecule has 126 valence electrons. The van der Waals surface area contributed by atoms with Crippen molar-refractivity contribution < 1.29 is 18.3 Å². The van der Waals surface area contributed by atoms with Gasteiger partial charge in [0.2, 0.25) is 0 Å². The molecule has 7 heteroatoms. The van der Waals surface area contributed by atoms with Crippen molar-refractivity contribution in [3.8, 4) is 0 Å². The first-order valence-corrected chi connectivity index (χ1v) is 8.23. The van der Waals surface area contributed by atoms with Crippen molar-refractivity contribution in [2.24, 2.45) is 5.41 Å². The van der Waals surface area contributed by atoms with E-state index in [1.54, 1.807) is 4.90 Å². The number of amides is 1. The van der Waals surface area contributed by atoms with E-state index >= 15 is 0 Å². The van der Waals surface area contributed by atoms with E-state index in [0.29, 0.717) is 38.0 Å². The molecule has 3 heterocycles. The number of hydrogen-bond acceptors (Lipinski definition) is 3. The van der Waals surface area contributed by atoms with Gasteiger partial charge in [-0.15, -0.1) is 0 Å². The molecule has 2 aliphatic heterocycles. The van der Waals surface area contributed by atoms with Gasteiger partial charge in [0, 0.05) is 36.9 Å². The fraction of sp³-hybridized carbons (Fsp3) is 0.750. The predicted molar refractivity (Wildman–Crippen MR) is 78.4 cm³/mol. The maximum atomic E-state index is 13.5. The molecule has 1 N–H and O–H groups in total. The number of fused-ring (bicyclic) bond motifs is 1. The average Bonchev–Trinajstić information content (AvgIpc) is 2.83. The third kappa shape index (κ3) is 2.20. The SMILES string of the molecule is C[C@@H]1Cc2c(C(=O)N3CCC4(CC3)CC4(F)F)n[nH]c2[C@H](C)O1. The van der Waals surface area contributed by atoms with Gasteiger partial charge in [0.1, 0.15) is 0 Å². The fourth-order valence-electron chi connectivity index (χ4n) is 4.06. The smallest absolute Gasteiger partial charge is 0.274 e. The van der Waals surface area contributed by atoms with Gasteiger partial charge in [-0.3, -0.25) is 9.89 Å². The molecule has 0 aromatic carbocycles. The summed E-state index contributed by atoms with van der Waals surface area (Å²) in [6.45, 7) is 4.68. The highest BCUT2D eigenvalue weighted by Gasteiger charge is 2.70. The van der Waals surface area contributed by atoms with Gasteiger partial charge in [0.05, 0.1) is 17.9 Å². The topological polar surface area (TPSA) is 58.2 Å². The lowest BCUT2D eigenvalue weighted by Crippen LogP contribution is -2.41. The molecular formula is C16H21F2N3O2. The molecule has 23 heavy (non-hydrogen) atoms. The van der Waals surface area contributed by atoms with Crippen LogP contribution in [0.5, 0.6) is 0 Å². The van der Waals surface area contributed by atoms with Crippen LogP contribution in [0, 0.1) is 5.41 Å². The summed E-state index contributed by atoms with van der Waals surface area (Å²) in [7, 11) is 0. The van der Waals surface area contributed by atoms with E-state index in [0.717, 1.165) is 11.3 Å². The molecular weight excluding hydrogens is 304 g/mol.